The summed E-state index contributed by atoms with van der Waals surface area (Å²) in [5.41, 5.74) is 0.120. The molecule has 1 saturated carbocycles. The van der Waals surface area contributed by atoms with E-state index in [0.29, 0.717) is 5.92 Å². The number of carbonyl (C=O) groups excluding carboxylic acids is 1. The van der Waals surface area contributed by atoms with Crippen LogP contribution in [0.3, 0.4) is 0 Å². The second-order valence-corrected chi connectivity index (χ2v) is 9.88. The molecule has 0 N–H and O–H groups in total. The maximum Gasteiger partial charge on any atom is 0.410 e. The summed E-state index contributed by atoms with van der Waals surface area (Å²) in [4.78, 5) is 13.5. The predicted octanol–water partition coefficient (Wildman–Crippen LogP) is 3.65. The van der Waals surface area contributed by atoms with Crippen LogP contribution in [-0.4, -0.2) is 48.9 Å². The third-order valence-electron chi connectivity index (χ3n) is 4.91. The molecule has 2 heterocycles. The fourth-order valence-electron chi connectivity index (χ4n) is 3.24. The zero-order chi connectivity index (χ0) is 20.0. The molecule has 3 rings (SSSR count). The Morgan fingerprint density at radius 1 is 1.22 bits per heavy atom. The van der Waals surface area contributed by atoms with Crippen molar-refractivity contribution in [3.8, 4) is 0 Å². The first kappa shape index (κ1) is 20.2. The van der Waals surface area contributed by atoms with Crippen LogP contribution in [0.5, 0.6) is 0 Å². The Hall–Kier alpha value is -1.51. The summed E-state index contributed by atoms with van der Waals surface area (Å²) in [6.07, 6.45) is 1.69. The van der Waals surface area contributed by atoms with E-state index in [0.717, 1.165) is 18.5 Å². The topological polar surface area (TPSA) is 64.4 Å². The quantitative estimate of drug-likeness (QED) is 0.770. The summed E-state index contributed by atoms with van der Waals surface area (Å²) in [5, 5.41) is 0.942. The van der Waals surface area contributed by atoms with E-state index in [9.17, 15) is 17.8 Å². The molecule has 1 aliphatic carbocycles. The zero-order valence-corrected chi connectivity index (χ0v) is 17.0. The summed E-state index contributed by atoms with van der Waals surface area (Å²) < 4.78 is 49.1. The Labute approximate surface area is 160 Å². The van der Waals surface area contributed by atoms with Gasteiger partial charge in [0.2, 0.25) is 0 Å². The zero-order valence-electron chi connectivity index (χ0n) is 16.2. The van der Waals surface area contributed by atoms with Gasteiger partial charge in [0.05, 0.1) is 5.69 Å². The first-order valence-electron chi connectivity index (χ1n) is 9.30. The van der Waals surface area contributed by atoms with Crippen molar-refractivity contribution in [2.45, 2.75) is 68.3 Å². The number of hydrogen-bond acceptors (Lipinski definition) is 4. The number of aromatic nitrogens is 2. The molecule has 0 spiro atoms. The van der Waals surface area contributed by atoms with Crippen molar-refractivity contribution in [1.82, 2.24) is 14.7 Å². The molecule has 2 fully saturated rings. The summed E-state index contributed by atoms with van der Waals surface area (Å²) >= 11 is 0. The van der Waals surface area contributed by atoms with E-state index in [-0.39, 0.29) is 31.0 Å². The van der Waals surface area contributed by atoms with Crippen LogP contribution in [0.25, 0.3) is 0 Å². The lowest BCUT2D eigenvalue weighted by Crippen LogP contribution is -2.46. The van der Waals surface area contributed by atoms with Gasteiger partial charge in [-0.15, -0.1) is 0 Å². The number of hydrogen-bond donors (Lipinski definition) is 0. The molecular weight excluding hydrogens is 376 g/mol. The molecule has 9 heteroatoms. The number of amides is 1. The Balaban J connectivity index is 1.64. The Kier molecular flexibility index (Phi) is 5.35. The van der Waals surface area contributed by atoms with Crippen LogP contribution in [0, 0.1) is 5.92 Å². The van der Waals surface area contributed by atoms with Crippen LogP contribution in [0.15, 0.2) is 11.1 Å². The first-order chi connectivity index (χ1) is 12.5. The number of piperidine rings is 1. The second kappa shape index (κ2) is 7.14. The van der Waals surface area contributed by atoms with Crippen molar-refractivity contribution >= 4 is 16.9 Å². The first-order valence-corrected chi connectivity index (χ1v) is 10.5. The molecule has 0 radical (unpaired) electrons. The van der Waals surface area contributed by atoms with Crippen LogP contribution in [0.1, 0.15) is 58.1 Å². The fourth-order valence-corrected chi connectivity index (χ4v) is 4.56. The van der Waals surface area contributed by atoms with Gasteiger partial charge in [-0.1, -0.05) is 0 Å². The molecular formula is C18H27F2N3O3S. The number of carbonyl (C=O) groups is 1. The molecule has 1 aromatic heterocycles. The molecule has 0 bridgehead atoms. The highest BCUT2D eigenvalue weighted by molar-refractivity contribution is 7.86. The fraction of sp³-hybridized carbons (Fsp3) is 0.778. The molecule has 1 atom stereocenters. The molecule has 0 aromatic carbocycles. The largest absolute Gasteiger partial charge is 0.444 e. The van der Waals surface area contributed by atoms with Gasteiger partial charge in [0.25, 0.3) is 0 Å². The second-order valence-electron chi connectivity index (χ2n) is 8.38. The van der Waals surface area contributed by atoms with Gasteiger partial charge in [-0.05, 0) is 52.5 Å². The van der Waals surface area contributed by atoms with Gasteiger partial charge in [0, 0.05) is 32.0 Å². The molecule has 152 valence electrons. The molecule has 27 heavy (non-hydrogen) atoms. The van der Waals surface area contributed by atoms with Gasteiger partial charge < -0.3 is 9.64 Å². The number of halogens is 2. The van der Waals surface area contributed by atoms with E-state index in [1.165, 1.54) is 9.58 Å². The van der Waals surface area contributed by atoms with Gasteiger partial charge in [-0.25, -0.2) is 9.00 Å². The SMILES string of the molecule is Cn1nc(C2CC2)cc1S(=O)C(F)(F)C1CCN(C(=O)OC(C)(C)C)CC1. The Morgan fingerprint density at radius 3 is 2.33 bits per heavy atom. The summed E-state index contributed by atoms with van der Waals surface area (Å²) in [6, 6.07) is 1.55. The maximum absolute atomic E-state index is 14.9. The summed E-state index contributed by atoms with van der Waals surface area (Å²) in [7, 11) is -0.920. The minimum atomic E-state index is -3.37. The van der Waals surface area contributed by atoms with Crippen molar-refractivity contribution < 1.29 is 22.5 Å². The number of rotatable bonds is 4. The highest BCUT2D eigenvalue weighted by Gasteiger charge is 2.49. The van der Waals surface area contributed by atoms with Crippen LogP contribution in [0.2, 0.25) is 0 Å². The predicted molar refractivity (Wildman–Crippen MR) is 97.1 cm³/mol. The molecule has 1 aromatic rings. The Morgan fingerprint density at radius 2 is 1.81 bits per heavy atom. The van der Waals surface area contributed by atoms with Crippen molar-refractivity contribution in [2.75, 3.05) is 13.1 Å². The van der Waals surface area contributed by atoms with Gasteiger partial charge in [-0.3, -0.25) is 4.68 Å². The number of likely N-dealkylation sites (tertiary alicyclic amines) is 1. The van der Waals surface area contributed by atoms with Gasteiger partial charge in [0.15, 0.2) is 0 Å². The summed E-state index contributed by atoms with van der Waals surface area (Å²) in [6.45, 7) is 5.63. The lowest BCUT2D eigenvalue weighted by Gasteiger charge is -2.35. The number of aryl methyl sites for hydroxylation is 1. The van der Waals surface area contributed by atoms with Crippen molar-refractivity contribution in [3.05, 3.63) is 11.8 Å². The van der Waals surface area contributed by atoms with E-state index < -0.39 is 33.7 Å². The lowest BCUT2D eigenvalue weighted by atomic mass is 9.97. The van der Waals surface area contributed by atoms with Gasteiger partial charge in [0.1, 0.15) is 21.4 Å². The molecule has 2 aliphatic rings. The minimum Gasteiger partial charge on any atom is -0.444 e. The van der Waals surface area contributed by atoms with E-state index in [4.69, 9.17) is 4.74 Å². The van der Waals surface area contributed by atoms with E-state index >= 15 is 0 Å². The van der Waals surface area contributed by atoms with E-state index in [2.05, 4.69) is 5.10 Å². The van der Waals surface area contributed by atoms with Crippen LogP contribution in [0.4, 0.5) is 13.6 Å². The monoisotopic (exact) mass is 403 g/mol. The number of nitrogens with zero attached hydrogens (tertiary/aromatic N) is 3. The molecule has 1 saturated heterocycles. The van der Waals surface area contributed by atoms with Crippen LogP contribution < -0.4 is 0 Å². The smallest absolute Gasteiger partial charge is 0.410 e. The van der Waals surface area contributed by atoms with Crippen molar-refractivity contribution in [3.63, 3.8) is 0 Å². The average molecular weight is 403 g/mol. The molecule has 1 unspecified atom stereocenters. The highest BCUT2D eigenvalue weighted by atomic mass is 32.2. The highest BCUT2D eigenvalue weighted by Crippen LogP contribution is 2.42. The molecule has 1 aliphatic heterocycles. The summed E-state index contributed by atoms with van der Waals surface area (Å²) in [5.74, 6) is -0.732. The van der Waals surface area contributed by atoms with Crippen LogP contribution >= 0.6 is 0 Å². The van der Waals surface area contributed by atoms with E-state index in [1.54, 1.807) is 33.9 Å². The Bertz CT molecular complexity index is 733. The average Bonchev–Trinajstić information content (AvgIpc) is 3.35. The van der Waals surface area contributed by atoms with Gasteiger partial charge in [-0.2, -0.15) is 13.9 Å². The van der Waals surface area contributed by atoms with E-state index in [1.807, 2.05) is 0 Å². The number of alkyl halides is 2. The minimum absolute atomic E-state index is 0.0662. The third kappa shape index (κ3) is 4.50. The third-order valence-corrected chi connectivity index (χ3v) is 6.50. The standard InChI is InChI=1S/C18H27F2N3O3S/c1-17(2,3)26-16(24)23-9-7-13(8-10-23)18(19,20)27(25)15-11-14(12-5-6-12)21-22(15)4/h11-13H,5-10H2,1-4H3. The normalized spacial score (nSPS) is 20.6. The molecule has 6 nitrogen and oxygen atoms in total. The molecule has 1 amide bonds. The lowest BCUT2D eigenvalue weighted by molar-refractivity contribution is -0.0153. The number of ether oxygens (including phenoxy) is 1. The maximum atomic E-state index is 14.9. The van der Waals surface area contributed by atoms with Crippen molar-refractivity contribution in [1.29, 1.82) is 0 Å². The van der Waals surface area contributed by atoms with Gasteiger partial charge >= 0.3 is 11.3 Å². The van der Waals surface area contributed by atoms with Crippen molar-refractivity contribution in [2.24, 2.45) is 13.0 Å². The van der Waals surface area contributed by atoms with Crippen LogP contribution in [-0.2, 0) is 22.6 Å².